The van der Waals surface area contributed by atoms with E-state index in [1.165, 1.54) is 0 Å². The van der Waals surface area contributed by atoms with Gasteiger partial charge in [0.05, 0.1) is 11.7 Å². The quantitative estimate of drug-likeness (QED) is 0.802. The number of benzene rings is 2. The molecule has 0 unspecified atom stereocenters. The van der Waals surface area contributed by atoms with E-state index in [-0.39, 0.29) is 18.0 Å². The van der Waals surface area contributed by atoms with Crippen molar-refractivity contribution in [1.82, 2.24) is 4.90 Å². The van der Waals surface area contributed by atoms with Gasteiger partial charge in [0, 0.05) is 18.7 Å². The maximum atomic E-state index is 12.9. The molecule has 2 heterocycles. The van der Waals surface area contributed by atoms with Gasteiger partial charge in [0.1, 0.15) is 6.61 Å². The lowest BCUT2D eigenvalue weighted by atomic mass is 10.0. The average molecular weight is 336 g/mol. The van der Waals surface area contributed by atoms with Crippen LogP contribution < -0.4 is 4.90 Å². The van der Waals surface area contributed by atoms with Crippen LogP contribution in [0.2, 0.25) is 0 Å². The summed E-state index contributed by atoms with van der Waals surface area (Å²) in [6.07, 6.45) is 0.414. The summed E-state index contributed by atoms with van der Waals surface area (Å²) in [5, 5.41) is 0. The van der Waals surface area contributed by atoms with E-state index in [0.717, 1.165) is 16.8 Å². The first-order valence-electron chi connectivity index (χ1n) is 8.53. The number of ether oxygens (including phenoxy) is 1. The molecule has 0 N–H and O–H groups in total. The number of cyclic esters (lactones) is 1. The van der Waals surface area contributed by atoms with Crippen LogP contribution in [0.5, 0.6) is 0 Å². The molecule has 0 aliphatic carbocycles. The molecule has 0 radical (unpaired) electrons. The first-order chi connectivity index (χ1) is 12.1. The van der Waals surface area contributed by atoms with E-state index in [1.54, 1.807) is 4.90 Å². The molecular weight excluding hydrogens is 316 g/mol. The second-order valence-electron chi connectivity index (χ2n) is 6.61. The molecule has 1 atom stereocenters. The zero-order chi connectivity index (χ0) is 17.4. The van der Waals surface area contributed by atoms with E-state index < -0.39 is 0 Å². The first kappa shape index (κ1) is 15.7. The van der Waals surface area contributed by atoms with Crippen molar-refractivity contribution in [3.05, 3.63) is 65.2 Å². The van der Waals surface area contributed by atoms with Gasteiger partial charge in [0.2, 0.25) is 0 Å². The highest BCUT2D eigenvalue weighted by Crippen LogP contribution is 2.32. The molecule has 2 aliphatic heterocycles. The Morgan fingerprint density at radius 3 is 2.76 bits per heavy atom. The Balaban J connectivity index is 1.72. The van der Waals surface area contributed by atoms with Gasteiger partial charge in [0.15, 0.2) is 0 Å². The van der Waals surface area contributed by atoms with E-state index in [0.29, 0.717) is 31.7 Å². The van der Waals surface area contributed by atoms with Gasteiger partial charge < -0.3 is 9.64 Å². The zero-order valence-corrected chi connectivity index (χ0v) is 14.1. The van der Waals surface area contributed by atoms with Gasteiger partial charge in [-0.25, -0.2) is 4.79 Å². The minimum Gasteiger partial charge on any atom is -0.447 e. The molecule has 5 nitrogen and oxygen atoms in total. The lowest BCUT2D eigenvalue weighted by molar-refractivity contribution is 0.0734. The maximum absolute atomic E-state index is 12.9. The fourth-order valence-corrected chi connectivity index (χ4v) is 3.53. The number of carbonyl (C=O) groups is 2. The van der Waals surface area contributed by atoms with Crippen molar-refractivity contribution < 1.29 is 14.3 Å². The number of rotatable bonds is 1. The molecule has 2 amide bonds. The highest BCUT2D eigenvalue weighted by molar-refractivity contribution is 5.95. The number of fused-ring (bicyclic) bond motifs is 3. The van der Waals surface area contributed by atoms with E-state index in [2.05, 4.69) is 0 Å². The molecule has 4 rings (SSSR count). The van der Waals surface area contributed by atoms with Gasteiger partial charge in [-0.2, -0.15) is 0 Å². The largest absolute Gasteiger partial charge is 0.447 e. The molecule has 2 aliphatic rings. The fourth-order valence-electron chi connectivity index (χ4n) is 3.53. The third kappa shape index (κ3) is 2.86. The summed E-state index contributed by atoms with van der Waals surface area (Å²) in [6.45, 7) is 3.46. The predicted octanol–water partition coefficient (Wildman–Crippen LogP) is 3.37. The first-order valence-corrected chi connectivity index (χ1v) is 8.53. The second-order valence-corrected chi connectivity index (χ2v) is 6.61. The summed E-state index contributed by atoms with van der Waals surface area (Å²) in [5.74, 6) is 0.0193. The number of carbonyl (C=O) groups excluding carboxylic acids is 2. The zero-order valence-electron chi connectivity index (χ0n) is 14.1. The van der Waals surface area contributed by atoms with Gasteiger partial charge in [-0.1, -0.05) is 30.3 Å². The number of amides is 2. The van der Waals surface area contributed by atoms with E-state index in [1.807, 2.05) is 60.4 Å². The Bertz CT molecular complexity index is 819. The summed E-state index contributed by atoms with van der Waals surface area (Å²) >= 11 is 0. The molecule has 128 valence electrons. The van der Waals surface area contributed by atoms with Gasteiger partial charge in [0.25, 0.3) is 5.91 Å². The molecule has 2 aromatic rings. The van der Waals surface area contributed by atoms with Gasteiger partial charge in [-0.3, -0.25) is 9.69 Å². The van der Waals surface area contributed by atoms with Crippen molar-refractivity contribution in [2.24, 2.45) is 0 Å². The highest BCUT2D eigenvalue weighted by atomic mass is 16.6. The van der Waals surface area contributed by atoms with Crippen molar-refractivity contribution >= 4 is 17.7 Å². The summed E-state index contributed by atoms with van der Waals surface area (Å²) in [7, 11) is 0. The maximum Gasteiger partial charge on any atom is 0.414 e. The van der Waals surface area contributed by atoms with Crippen LogP contribution in [0, 0.1) is 6.92 Å². The number of anilines is 1. The minimum atomic E-state index is -0.292. The second kappa shape index (κ2) is 6.24. The Hall–Kier alpha value is -2.82. The van der Waals surface area contributed by atoms with Crippen molar-refractivity contribution in [1.29, 1.82) is 0 Å². The Morgan fingerprint density at radius 2 is 1.96 bits per heavy atom. The number of nitrogens with zero attached hydrogens (tertiary/aromatic N) is 2. The molecule has 0 saturated carbocycles. The normalized spacial score (nSPS) is 19.6. The molecule has 1 fully saturated rings. The van der Waals surface area contributed by atoms with Crippen LogP contribution in [0.25, 0.3) is 0 Å². The molecule has 0 bridgehead atoms. The number of hydrogen-bond donors (Lipinski definition) is 0. The van der Waals surface area contributed by atoms with Gasteiger partial charge in [-0.05, 0) is 42.7 Å². The summed E-state index contributed by atoms with van der Waals surface area (Å²) in [5.41, 5.74) is 3.60. The number of hydrogen-bond acceptors (Lipinski definition) is 3. The van der Waals surface area contributed by atoms with Gasteiger partial charge >= 0.3 is 6.09 Å². The molecule has 2 aromatic carbocycles. The molecule has 5 heteroatoms. The molecule has 25 heavy (non-hydrogen) atoms. The Labute approximate surface area is 146 Å². The predicted molar refractivity (Wildman–Crippen MR) is 94.6 cm³/mol. The van der Waals surface area contributed by atoms with Crippen LogP contribution in [0.15, 0.2) is 48.5 Å². The highest BCUT2D eigenvalue weighted by Gasteiger charge is 2.37. The van der Waals surface area contributed by atoms with Crippen molar-refractivity contribution in [3.63, 3.8) is 0 Å². The Morgan fingerprint density at radius 1 is 1.16 bits per heavy atom. The molecule has 0 aromatic heterocycles. The van der Waals surface area contributed by atoms with Gasteiger partial charge in [-0.15, -0.1) is 0 Å². The van der Waals surface area contributed by atoms with Crippen molar-refractivity contribution in [3.8, 4) is 0 Å². The lowest BCUT2D eigenvalue weighted by Gasteiger charge is -2.32. The van der Waals surface area contributed by atoms with Crippen LogP contribution in [-0.4, -0.2) is 36.1 Å². The summed E-state index contributed by atoms with van der Waals surface area (Å²) in [4.78, 5) is 28.7. The fraction of sp³-hybridized carbons (Fsp3) is 0.300. The Kier molecular flexibility index (Phi) is 3.92. The van der Waals surface area contributed by atoms with Crippen LogP contribution in [-0.2, 0) is 11.3 Å². The van der Waals surface area contributed by atoms with Crippen LogP contribution in [0.1, 0.15) is 27.9 Å². The van der Waals surface area contributed by atoms with Crippen LogP contribution in [0.4, 0.5) is 10.5 Å². The monoisotopic (exact) mass is 336 g/mol. The van der Waals surface area contributed by atoms with E-state index in [9.17, 15) is 9.59 Å². The third-order valence-corrected chi connectivity index (χ3v) is 4.86. The van der Waals surface area contributed by atoms with Crippen molar-refractivity contribution in [2.45, 2.75) is 25.9 Å². The topological polar surface area (TPSA) is 49.9 Å². The summed E-state index contributed by atoms with van der Waals surface area (Å²) in [6, 6.07) is 15.3. The lowest BCUT2D eigenvalue weighted by Crippen LogP contribution is -2.42. The molecular formula is C20H20N2O3. The standard InChI is InChI=1S/C20H20N2O3/c1-14-7-8-16-12-21(19(23)15-5-3-2-4-6-15)10-9-17-13-25-20(24)22(17)18(16)11-14/h2-8,11,17H,9-10,12-13H2,1H3/t17-/m0/s1. The van der Waals surface area contributed by atoms with E-state index in [4.69, 9.17) is 4.74 Å². The molecule has 1 saturated heterocycles. The minimum absolute atomic E-state index is 0.0193. The van der Waals surface area contributed by atoms with Crippen LogP contribution >= 0.6 is 0 Å². The smallest absolute Gasteiger partial charge is 0.414 e. The number of aryl methyl sites for hydroxylation is 1. The molecule has 0 spiro atoms. The van der Waals surface area contributed by atoms with Crippen molar-refractivity contribution in [2.75, 3.05) is 18.1 Å². The SMILES string of the molecule is Cc1ccc2c(c1)N1C(=O)OC[C@@H]1CCN(C(=O)c1ccccc1)C2. The average Bonchev–Trinajstić information content (AvgIpc) is 2.98. The van der Waals surface area contributed by atoms with Crippen LogP contribution in [0.3, 0.4) is 0 Å². The van der Waals surface area contributed by atoms with E-state index >= 15 is 0 Å². The third-order valence-electron chi connectivity index (χ3n) is 4.86. The summed E-state index contributed by atoms with van der Waals surface area (Å²) < 4.78 is 5.27.